The smallest absolute Gasteiger partial charge is 0.0891 e. The van der Waals surface area contributed by atoms with Crippen molar-refractivity contribution >= 4 is 0 Å². The lowest BCUT2D eigenvalue weighted by Crippen LogP contribution is -2.56. The molecule has 0 heterocycles. The molecule has 2 unspecified atom stereocenters. The second-order valence-electron chi connectivity index (χ2n) is 3.98. The largest absolute Gasteiger partial charge is 0.395 e. The van der Waals surface area contributed by atoms with Crippen LogP contribution in [-0.2, 0) is 0 Å². The van der Waals surface area contributed by atoms with Crippen LogP contribution in [0.1, 0.15) is 13.8 Å². The third-order valence-electron chi connectivity index (χ3n) is 1.98. The lowest BCUT2D eigenvalue weighted by molar-refractivity contribution is 0.00109. The summed E-state index contributed by atoms with van der Waals surface area (Å²) in [5.41, 5.74) is 5.02. The van der Waals surface area contributed by atoms with Gasteiger partial charge in [-0.3, -0.25) is 0 Å². The first-order chi connectivity index (χ1) is 5.30. The van der Waals surface area contributed by atoms with Gasteiger partial charge in [0.05, 0.1) is 18.8 Å². The van der Waals surface area contributed by atoms with Crippen LogP contribution in [0.5, 0.6) is 0 Å². The van der Waals surface area contributed by atoms with Crippen molar-refractivity contribution in [2.45, 2.75) is 31.5 Å². The van der Waals surface area contributed by atoms with Crippen LogP contribution in [0.25, 0.3) is 0 Å². The van der Waals surface area contributed by atoms with Crippen molar-refractivity contribution in [2.24, 2.45) is 5.73 Å². The first-order valence-corrected chi connectivity index (χ1v) is 4.05. The number of aliphatic hydroxyl groups excluding tert-OH is 2. The zero-order chi connectivity index (χ0) is 9.94. The van der Waals surface area contributed by atoms with Crippen LogP contribution < -0.4 is 5.73 Å². The summed E-state index contributed by atoms with van der Waals surface area (Å²) in [6.45, 7) is 3.39. The molecule has 2 atom stereocenters. The molecule has 0 saturated carbocycles. The first-order valence-electron chi connectivity index (χ1n) is 4.05. The molecule has 0 aliphatic carbocycles. The fraction of sp³-hybridized carbons (Fsp3) is 1.00. The van der Waals surface area contributed by atoms with Gasteiger partial charge in [-0.2, -0.15) is 0 Å². The van der Waals surface area contributed by atoms with Crippen LogP contribution in [0.2, 0.25) is 0 Å². The highest BCUT2D eigenvalue weighted by Crippen LogP contribution is 2.11. The van der Waals surface area contributed by atoms with Crippen molar-refractivity contribution < 1.29 is 10.2 Å². The molecule has 0 aromatic heterocycles. The predicted octanol–water partition coefficient (Wildman–Crippen LogP) is -0.993. The summed E-state index contributed by atoms with van der Waals surface area (Å²) in [5, 5.41) is 18.7. The highest BCUT2D eigenvalue weighted by molar-refractivity contribution is 4.90. The molecule has 0 fully saturated rings. The molecule has 74 valence electrons. The molecule has 0 radical (unpaired) electrons. The monoisotopic (exact) mass is 176 g/mol. The van der Waals surface area contributed by atoms with Gasteiger partial charge in [0.15, 0.2) is 0 Å². The molecule has 0 aromatic rings. The summed E-state index contributed by atoms with van der Waals surface area (Å²) in [5.74, 6) is 0. The van der Waals surface area contributed by atoms with Crippen LogP contribution in [0.15, 0.2) is 0 Å². The van der Waals surface area contributed by atoms with E-state index in [1.54, 1.807) is 32.8 Å². The molecular weight excluding hydrogens is 156 g/mol. The highest BCUT2D eigenvalue weighted by atomic mass is 16.3. The lowest BCUT2D eigenvalue weighted by atomic mass is 9.92. The van der Waals surface area contributed by atoms with E-state index in [0.29, 0.717) is 0 Å². The number of likely N-dealkylation sites (N-methyl/N-ethyl adjacent to an activating group) is 1. The second-order valence-corrected chi connectivity index (χ2v) is 3.98. The minimum atomic E-state index is -0.725. The topological polar surface area (TPSA) is 69.7 Å². The van der Waals surface area contributed by atoms with Crippen molar-refractivity contribution in [3.05, 3.63) is 0 Å². The molecule has 4 nitrogen and oxygen atoms in total. The van der Waals surface area contributed by atoms with Gasteiger partial charge in [-0.05, 0) is 27.9 Å². The van der Waals surface area contributed by atoms with Crippen LogP contribution in [0.3, 0.4) is 0 Å². The van der Waals surface area contributed by atoms with Gasteiger partial charge in [0.2, 0.25) is 0 Å². The molecule has 4 heteroatoms. The Labute approximate surface area is 74.0 Å². The Morgan fingerprint density at radius 2 is 1.83 bits per heavy atom. The van der Waals surface area contributed by atoms with Gasteiger partial charge in [-0.1, -0.05) is 0 Å². The summed E-state index contributed by atoms with van der Waals surface area (Å²) < 4.78 is 0. The lowest BCUT2D eigenvalue weighted by Gasteiger charge is -2.35. The van der Waals surface area contributed by atoms with E-state index in [1.807, 2.05) is 0 Å². The van der Waals surface area contributed by atoms with Gasteiger partial charge in [0.25, 0.3) is 0 Å². The maximum absolute atomic E-state index is 9.69. The molecule has 0 rings (SSSR count). The Balaban J connectivity index is 4.32. The van der Waals surface area contributed by atoms with E-state index in [4.69, 9.17) is 10.8 Å². The predicted molar refractivity (Wildman–Crippen MR) is 48.8 cm³/mol. The Bertz CT molecular complexity index is 132. The van der Waals surface area contributed by atoms with E-state index in [2.05, 4.69) is 0 Å². The number of hydrogen-bond acceptors (Lipinski definition) is 4. The molecule has 0 aliphatic rings. The molecular formula is C8H20N2O2. The average Bonchev–Trinajstić information content (AvgIpc) is 1.86. The van der Waals surface area contributed by atoms with Crippen molar-refractivity contribution in [1.29, 1.82) is 0 Å². The van der Waals surface area contributed by atoms with Gasteiger partial charge in [0, 0.05) is 5.54 Å². The summed E-state index contributed by atoms with van der Waals surface area (Å²) in [6.07, 6.45) is -0.725. The molecule has 0 aromatic carbocycles. The SMILES string of the molecule is CN(C)C(CO)C(O)C(C)(C)N. The fourth-order valence-corrected chi connectivity index (χ4v) is 1.04. The van der Waals surface area contributed by atoms with Crippen LogP contribution in [0.4, 0.5) is 0 Å². The molecule has 0 aliphatic heterocycles. The third-order valence-corrected chi connectivity index (χ3v) is 1.98. The normalized spacial score (nSPS) is 18.0. The maximum Gasteiger partial charge on any atom is 0.0891 e. The summed E-state index contributed by atoms with van der Waals surface area (Å²) in [4.78, 5) is 1.76. The highest BCUT2D eigenvalue weighted by Gasteiger charge is 2.31. The van der Waals surface area contributed by atoms with E-state index in [1.165, 1.54) is 0 Å². The van der Waals surface area contributed by atoms with Crippen LogP contribution in [-0.4, -0.2) is 53.5 Å². The first kappa shape index (κ1) is 11.8. The number of nitrogens with zero attached hydrogens (tertiary/aromatic N) is 1. The number of nitrogens with two attached hydrogens (primary N) is 1. The molecule has 0 amide bonds. The minimum Gasteiger partial charge on any atom is -0.395 e. The van der Waals surface area contributed by atoms with E-state index in [0.717, 1.165) is 0 Å². The molecule has 0 bridgehead atoms. The molecule has 0 saturated heterocycles. The Kier molecular flexibility index (Phi) is 4.13. The zero-order valence-corrected chi connectivity index (χ0v) is 8.28. The van der Waals surface area contributed by atoms with Crippen molar-refractivity contribution in [2.75, 3.05) is 20.7 Å². The Hall–Kier alpha value is -0.160. The van der Waals surface area contributed by atoms with Gasteiger partial charge in [-0.15, -0.1) is 0 Å². The number of rotatable bonds is 4. The van der Waals surface area contributed by atoms with E-state index < -0.39 is 11.6 Å². The van der Waals surface area contributed by atoms with Crippen molar-refractivity contribution in [3.63, 3.8) is 0 Å². The van der Waals surface area contributed by atoms with Crippen molar-refractivity contribution in [1.82, 2.24) is 4.90 Å². The molecule has 12 heavy (non-hydrogen) atoms. The van der Waals surface area contributed by atoms with E-state index in [-0.39, 0.29) is 12.6 Å². The van der Waals surface area contributed by atoms with Gasteiger partial charge >= 0.3 is 0 Å². The number of hydrogen-bond donors (Lipinski definition) is 3. The van der Waals surface area contributed by atoms with E-state index >= 15 is 0 Å². The summed E-state index contributed by atoms with van der Waals surface area (Å²) in [6, 6.07) is -0.301. The van der Waals surface area contributed by atoms with Gasteiger partial charge in [-0.25, -0.2) is 0 Å². The minimum absolute atomic E-state index is 0.0885. The van der Waals surface area contributed by atoms with Gasteiger partial charge in [0.1, 0.15) is 0 Å². The standard InChI is InChI=1S/C8H20N2O2/c1-8(2,9)7(12)6(5-11)10(3)4/h6-7,11-12H,5,9H2,1-4H3. The molecule has 0 spiro atoms. The summed E-state index contributed by atoms with van der Waals surface area (Å²) in [7, 11) is 3.60. The number of aliphatic hydroxyl groups is 2. The van der Waals surface area contributed by atoms with Crippen LogP contribution in [0, 0.1) is 0 Å². The fourth-order valence-electron chi connectivity index (χ4n) is 1.04. The Morgan fingerprint density at radius 3 is 1.92 bits per heavy atom. The average molecular weight is 176 g/mol. The summed E-state index contributed by atoms with van der Waals surface area (Å²) >= 11 is 0. The van der Waals surface area contributed by atoms with Crippen LogP contribution >= 0.6 is 0 Å². The van der Waals surface area contributed by atoms with Gasteiger partial charge < -0.3 is 20.8 Å². The Morgan fingerprint density at radius 1 is 1.42 bits per heavy atom. The van der Waals surface area contributed by atoms with E-state index in [9.17, 15) is 5.11 Å². The zero-order valence-electron chi connectivity index (χ0n) is 8.28. The maximum atomic E-state index is 9.69. The second kappa shape index (κ2) is 4.18. The third kappa shape index (κ3) is 3.06. The quantitative estimate of drug-likeness (QED) is 0.514. The molecule has 4 N–H and O–H groups in total. The van der Waals surface area contributed by atoms with Crippen molar-refractivity contribution in [3.8, 4) is 0 Å².